The van der Waals surface area contributed by atoms with Crippen molar-refractivity contribution >= 4 is 58.8 Å². The van der Waals surface area contributed by atoms with Crippen LogP contribution in [0.5, 0.6) is 5.75 Å². The molecule has 7 rings (SSSR count). The summed E-state index contributed by atoms with van der Waals surface area (Å²) in [4.78, 5) is 91.5. The second-order valence-corrected chi connectivity index (χ2v) is 17.3. The first-order valence-electron chi connectivity index (χ1n) is 20.0. The second kappa shape index (κ2) is 17.6. The van der Waals surface area contributed by atoms with Crippen molar-refractivity contribution in [3.8, 4) is 5.75 Å². The van der Waals surface area contributed by atoms with Gasteiger partial charge in [0.1, 0.15) is 17.8 Å². The molecule has 0 radical (unpaired) electrons. The van der Waals surface area contributed by atoms with Gasteiger partial charge in [0.15, 0.2) is 5.69 Å². The first kappa shape index (κ1) is 43.8. The Morgan fingerprint density at radius 2 is 1.73 bits per heavy atom. The fraction of sp³-hybridized carbons (Fsp3) is 0.349. The van der Waals surface area contributed by atoms with E-state index in [9.17, 15) is 47.1 Å². The average molecular weight is 874 g/mol. The van der Waals surface area contributed by atoms with Gasteiger partial charge in [0.05, 0.1) is 19.2 Å². The molecule has 5 aromatic rings. The molecular weight excluding hydrogens is 827 g/mol. The predicted octanol–water partition coefficient (Wildman–Crippen LogP) is 4.13. The van der Waals surface area contributed by atoms with Crippen LogP contribution < -0.4 is 20.7 Å². The lowest BCUT2D eigenvalue weighted by Crippen LogP contribution is -2.61. The molecule has 4 atom stereocenters. The van der Waals surface area contributed by atoms with Gasteiger partial charge in [-0.3, -0.25) is 33.6 Å². The standard InChI is InChI=1S/C43H46F2N7O9P/c1-24-4-14-34-33(18-24)38(50-49-34)42(57)51-17-16-31-11-15-36(40(55)47-30(22-37(53)46-2)19-25-5-12-32(61-3)13-6-25)52(31)41(56)35(23-51)48-39(54)27-8-7-26-9-10-29(21-28(26)20-27)43(44,45)62(58,59)60/h4-10,12-14,18,20-21,30-31,35-36H,11,15-17,19,22-23H2,1-3H3,(H,46,53)(H,47,55)(H,48,54)(H,49,50)(H2,58,59,60)/t30-,31-,35?,36+/m1/s1. The normalized spacial score (nSPS) is 18.8. The number of aromatic amines is 1. The van der Waals surface area contributed by atoms with E-state index in [4.69, 9.17) is 4.74 Å². The highest BCUT2D eigenvalue weighted by Crippen LogP contribution is 2.59. The zero-order valence-electron chi connectivity index (χ0n) is 34.1. The van der Waals surface area contributed by atoms with Crippen molar-refractivity contribution in [1.29, 1.82) is 0 Å². The number of halogens is 2. The van der Waals surface area contributed by atoms with Crippen molar-refractivity contribution in [3.63, 3.8) is 0 Å². The number of rotatable bonds is 12. The molecule has 0 aliphatic carbocycles. The average Bonchev–Trinajstić information content (AvgIpc) is 3.87. The van der Waals surface area contributed by atoms with Crippen LogP contribution in [0.25, 0.3) is 21.7 Å². The molecule has 0 bridgehead atoms. The first-order chi connectivity index (χ1) is 29.5. The highest BCUT2D eigenvalue weighted by Gasteiger charge is 2.50. The lowest BCUT2D eigenvalue weighted by atomic mass is 10.0. The summed E-state index contributed by atoms with van der Waals surface area (Å²) >= 11 is 0. The fourth-order valence-electron chi connectivity index (χ4n) is 8.19. The monoisotopic (exact) mass is 873 g/mol. The molecule has 2 aliphatic rings. The number of benzene rings is 4. The molecule has 2 saturated heterocycles. The number of alkyl halides is 2. The molecule has 0 spiro atoms. The fourth-order valence-corrected chi connectivity index (χ4v) is 8.67. The smallest absolute Gasteiger partial charge is 0.399 e. The Morgan fingerprint density at radius 3 is 2.44 bits per heavy atom. The maximum absolute atomic E-state index is 14.8. The molecule has 16 nitrogen and oxygen atoms in total. The zero-order valence-corrected chi connectivity index (χ0v) is 35.0. The van der Waals surface area contributed by atoms with E-state index in [1.807, 2.05) is 31.2 Å². The van der Waals surface area contributed by atoms with Gasteiger partial charge in [0.2, 0.25) is 17.7 Å². The summed E-state index contributed by atoms with van der Waals surface area (Å²) in [7, 11) is -2.85. The highest BCUT2D eigenvalue weighted by atomic mass is 31.2. The third-order valence-electron chi connectivity index (χ3n) is 11.5. The quantitative estimate of drug-likeness (QED) is 0.0984. The molecule has 326 valence electrons. The topological polar surface area (TPSA) is 223 Å². The molecule has 1 unspecified atom stereocenters. The number of carbonyl (C=O) groups excluding carboxylic acids is 5. The maximum atomic E-state index is 14.8. The van der Waals surface area contributed by atoms with Crippen LogP contribution in [-0.4, -0.2) is 111 Å². The minimum atomic E-state index is -5.89. The highest BCUT2D eigenvalue weighted by molar-refractivity contribution is 7.52. The number of methoxy groups -OCH3 is 1. The summed E-state index contributed by atoms with van der Waals surface area (Å²) in [5.41, 5.74) is -3.04. The lowest BCUT2D eigenvalue weighted by Gasteiger charge is -2.39. The van der Waals surface area contributed by atoms with E-state index in [-0.39, 0.29) is 48.5 Å². The van der Waals surface area contributed by atoms with Gasteiger partial charge in [-0.25, -0.2) is 0 Å². The summed E-state index contributed by atoms with van der Waals surface area (Å²) in [5.74, 6) is -2.09. The number of fused-ring (bicyclic) bond motifs is 3. The van der Waals surface area contributed by atoms with Crippen LogP contribution in [-0.2, 0) is 31.0 Å². The van der Waals surface area contributed by atoms with Crippen LogP contribution in [0.2, 0.25) is 0 Å². The molecule has 0 saturated carbocycles. The summed E-state index contributed by atoms with van der Waals surface area (Å²) in [6, 6.07) is 16.3. The van der Waals surface area contributed by atoms with Gasteiger partial charge in [-0.1, -0.05) is 42.0 Å². The first-order valence-corrected chi connectivity index (χ1v) is 21.6. The van der Waals surface area contributed by atoms with Crippen LogP contribution >= 0.6 is 7.60 Å². The van der Waals surface area contributed by atoms with E-state index < -0.39 is 66.6 Å². The van der Waals surface area contributed by atoms with Gasteiger partial charge >= 0.3 is 13.3 Å². The van der Waals surface area contributed by atoms with E-state index in [0.717, 1.165) is 23.3 Å². The molecule has 5 amide bonds. The lowest BCUT2D eigenvalue weighted by molar-refractivity contribution is -0.143. The van der Waals surface area contributed by atoms with Gasteiger partial charge in [-0.15, -0.1) is 0 Å². The Balaban J connectivity index is 1.19. The number of aryl methyl sites for hydroxylation is 1. The summed E-state index contributed by atoms with van der Waals surface area (Å²) in [6.07, 6.45) is 1.24. The Labute approximate surface area is 354 Å². The molecular formula is C43H46F2N7O9P. The molecule has 2 fully saturated rings. The van der Waals surface area contributed by atoms with E-state index >= 15 is 0 Å². The molecule has 19 heteroatoms. The number of hydrogen-bond acceptors (Lipinski definition) is 8. The number of aromatic nitrogens is 2. The molecule has 62 heavy (non-hydrogen) atoms. The molecule has 4 aromatic carbocycles. The summed E-state index contributed by atoms with van der Waals surface area (Å²) in [5, 5.41) is 16.5. The summed E-state index contributed by atoms with van der Waals surface area (Å²) < 4.78 is 46.2. The van der Waals surface area contributed by atoms with Crippen molar-refractivity contribution < 1.29 is 51.8 Å². The molecule has 1 aromatic heterocycles. The van der Waals surface area contributed by atoms with Crippen LogP contribution in [0.3, 0.4) is 0 Å². The van der Waals surface area contributed by atoms with Crippen molar-refractivity contribution in [1.82, 2.24) is 35.9 Å². The Kier molecular flexibility index (Phi) is 12.5. The molecule has 6 N–H and O–H groups in total. The molecule has 3 heterocycles. The number of carbonyl (C=O) groups is 5. The van der Waals surface area contributed by atoms with E-state index in [1.54, 1.807) is 25.3 Å². The van der Waals surface area contributed by atoms with Crippen molar-refractivity contribution in [2.75, 3.05) is 27.2 Å². The van der Waals surface area contributed by atoms with Crippen molar-refractivity contribution in [3.05, 3.63) is 107 Å². The van der Waals surface area contributed by atoms with Gasteiger partial charge < -0.3 is 40.3 Å². The Morgan fingerprint density at radius 1 is 0.984 bits per heavy atom. The van der Waals surface area contributed by atoms with E-state index in [2.05, 4.69) is 26.1 Å². The van der Waals surface area contributed by atoms with Gasteiger partial charge in [0, 0.05) is 48.6 Å². The third kappa shape index (κ3) is 9.03. The number of nitrogens with zero attached hydrogens (tertiary/aromatic N) is 3. The van der Waals surface area contributed by atoms with Crippen LogP contribution in [0.1, 0.15) is 63.2 Å². The predicted molar refractivity (Wildman–Crippen MR) is 223 cm³/mol. The second-order valence-electron chi connectivity index (χ2n) is 15.7. The van der Waals surface area contributed by atoms with Gasteiger partial charge in [-0.05, 0) is 91.4 Å². The number of H-pyrrole nitrogens is 1. The van der Waals surface area contributed by atoms with Crippen molar-refractivity contribution in [2.24, 2.45) is 0 Å². The van der Waals surface area contributed by atoms with E-state index in [0.29, 0.717) is 41.3 Å². The Bertz CT molecular complexity index is 2600. The minimum Gasteiger partial charge on any atom is -0.497 e. The summed E-state index contributed by atoms with van der Waals surface area (Å²) in [6.45, 7) is 1.69. The van der Waals surface area contributed by atoms with E-state index in [1.165, 1.54) is 41.1 Å². The van der Waals surface area contributed by atoms with Crippen LogP contribution in [0.15, 0.2) is 78.9 Å². The van der Waals surface area contributed by atoms with Gasteiger partial charge in [0.25, 0.3) is 11.8 Å². The van der Waals surface area contributed by atoms with Crippen LogP contribution in [0.4, 0.5) is 8.78 Å². The zero-order chi connectivity index (χ0) is 44.5. The van der Waals surface area contributed by atoms with Crippen LogP contribution in [0, 0.1) is 6.92 Å². The number of hydrogen-bond donors (Lipinski definition) is 6. The number of ether oxygens (including phenoxy) is 1. The third-order valence-corrected chi connectivity index (χ3v) is 12.5. The number of amides is 5. The Hall–Kier alpha value is -6.23. The SMILES string of the molecule is CNC(=O)C[C@@H](Cc1ccc(OC)cc1)NC(=O)[C@@H]1CC[C@@H]2CCN(C(=O)c3n[nH]c4ccc(C)cc34)CC(NC(=O)c3ccc4ccc(C(F)(F)P(=O)(O)O)cc4c3)C(=O)N21. The maximum Gasteiger partial charge on any atom is 0.399 e. The van der Waals surface area contributed by atoms with Crippen molar-refractivity contribution in [2.45, 2.75) is 68.9 Å². The molecule has 2 aliphatic heterocycles. The van der Waals surface area contributed by atoms with Gasteiger partial charge in [-0.2, -0.15) is 13.9 Å². The number of nitrogens with one attached hydrogen (secondary N) is 4. The minimum absolute atomic E-state index is 0.0419. The largest absolute Gasteiger partial charge is 0.497 e.